The highest BCUT2D eigenvalue weighted by molar-refractivity contribution is 5.67. The zero-order valence-electron chi connectivity index (χ0n) is 18.8. The molecule has 0 saturated carbocycles. The van der Waals surface area contributed by atoms with E-state index in [1.807, 2.05) is 39.6 Å². The van der Waals surface area contributed by atoms with Crippen molar-refractivity contribution in [3.8, 4) is 22.6 Å². The molecule has 0 spiro atoms. The summed E-state index contributed by atoms with van der Waals surface area (Å²) in [5.74, 6) is 1.69. The molecule has 0 amide bonds. The Balaban J connectivity index is 1.75. The van der Waals surface area contributed by atoms with E-state index in [4.69, 9.17) is 4.74 Å². The molecular weight excluding hydrogens is 370 g/mol. The quantitative estimate of drug-likeness (QED) is 0.337. The lowest BCUT2D eigenvalue weighted by atomic mass is 10.1. The van der Waals surface area contributed by atoms with Crippen molar-refractivity contribution in [2.45, 2.75) is 20.8 Å². The van der Waals surface area contributed by atoms with E-state index in [9.17, 15) is 0 Å². The second kappa shape index (κ2) is 9.49. The molecule has 0 N–H and O–H groups in total. The molecule has 0 unspecified atom stereocenters. The molecule has 0 saturated heterocycles. The molecule has 0 aromatic heterocycles. The van der Waals surface area contributed by atoms with Gasteiger partial charge in [-0.25, -0.2) is 4.99 Å². The lowest BCUT2D eigenvalue weighted by Crippen LogP contribution is -2.14. The van der Waals surface area contributed by atoms with Crippen LogP contribution in [0.2, 0.25) is 0 Å². The molecule has 0 fully saturated rings. The molecule has 3 aromatic carbocycles. The van der Waals surface area contributed by atoms with Crippen LogP contribution in [0.15, 0.2) is 65.7 Å². The molecule has 0 aliphatic carbocycles. The van der Waals surface area contributed by atoms with Gasteiger partial charge in [-0.3, -0.25) is 0 Å². The van der Waals surface area contributed by atoms with E-state index in [0.29, 0.717) is 0 Å². The van der Waals surface area contributed by atoms with E-state index >= 15 is 0 Å². The molecule has 156 valence electrons. The van der Waals surface area contributed by atoms with Crippen molar-refractivity contribution in [3.05, 3.63) is 71.8 Å². The summed E-state index contributed by atoms with van der Waals surface area (Å²) in [6, 6.07) is 20.9. The number of rotatable bonds is 7. The van der Waals surface area contributed by atoms with E-state index in [1.54, 1.807) is 0 Å². The third-order valence-electron chi connectivity index (χ3n) is 5.19. The number of hydrogen-bond acceptors (Lipinski definition) is 3. The minimum absolute atomic E-state index is 0.827. The Morgan fingerprint density at radius 2 is 1.43 bits per heavy atom. The summed E-state index contributed by atoms with van der Waals surface area (Å²) in [5, 5.41) is 0. The van der Waals surface area contributed by atoms with E-state index in [1.165, 1.54) is 16.8 Å². The first-order valence-electron chi connectivity index (χ1n) is 10.3. The summed E-state index contributed by atoms with van der Waals surface area (Å²) in [6.07, 6.45) is 1.87. The molecule has 30 heavy (non-hydrogen) atoms. The van der Waals surface area contributed by atoms with Crippen LogP contribution in [-0.2, 0) is 0 Å². The Labute approximate surface area is 180 Å². The summed E-state index contributed by atoms with van der Waals surface area (Å²) in [6.45, 7) is 7.15. The first kappa shape index (κ1) is 21.4. The third kappa shape index (κ3) is 5.20. The van der Waals surface area contributed by atoms with Gasteiger partial charge >= 0.3 is 0 Å². The van der Waals surface area contributed by atoms with Gasteiger partial charge in [0, 0.05) is 33.4 Å². The second-order valence-corrected chi connectivity index (χ2v) is 7.79. The molecule has 0 aliphatic rings. The Kier molecular flexibility index (Phi) is 6.78. The summed E-state index contributed by atoms with van der Waals surface area (Å²) < 4.78 is 6.16. The van der Waals surface area contributed by atoms with Gasteiger partial charge in [0.25, 0.3) is 0 Å². The van der Waals surface area contributed by atoms with Crippen LogP contribution < -0.4 is 9.64 Å². The van der Waals surface area contributed by atoms with Crippen LogP contribution >= 0.6 is 0 Å². The van der Waals surface area contributed by atoms with Gasteiger partial charge in [-0.1, -0.05) is 24.3 Å². The fourth-order valence-electron chi connectivity index (χ4n) is 3.06. The minimum atomic E-state index is 0.827. The number of nitrogens with zero attached hydrogens (tertiary/aromatic N) is 3. The van der Waals surface area contributed by atoms with E-state index < -0.39 is 0 Å². The lowest BCUT2D eigenvalue weighted by Gasteiger charge is -2.14. The third-order valence-corrected chi connectivity index (χ3v) is 5.19. The normalized spacial score (nSPS) is 11.0. The molecule has 3 rings (SSSR count). The van der Waals surface area contributed by atoms with Crippen molar-refractivity contribution in [1.82, 2.24) is 4.90 Å². The largest absolute Gasteiger partial charge is 0.457 e. The number of aryl methyl sites for hydroxylation is 2. The number of hydrogen-bond donors (Lipinski definition) is 0. The molecular formula is C26H31N3O. The lowest BCUT2D eigenvalue weighted by molar-refractivity contribution is 0.478. The van der Waals surface area contributed by atoms with Gasteiger partial charge in [-0.05, 0) is 79.4 Å². The highest BCUT2D eigenvalue weighted by Crippen LogP contribution is 2.32. The molecule has 0 heterocycles. The maximum absolute atomic E-state index is 6.16. The standard InChI is InChI=1S/C26H31N3O/c1-7-29(6)18-27-25-16-20(3)26(17-19(25)2)30-24-14-10-22(11-15-24)21-8-12-23(13-9-21)28(4)5/h8-18H,7H2,1-6H3/b27-18-. The van der Waals surface area contributed by atoms with E-state index in [2.05, 4.69) is 84.1 Å². The van der Waals surface area contributed by atoms with Crippen LogP contribution in [-0.4, -0.2) is 38.9 Å². The van der Waals surface area contributed by atoms with Crippen molar-refractivity contribution >= 4 is 17.7 Å². The van der Waals surface area contributed by atoms with Crippen LogP contribution in [0.3, 0.4) is 0 Å². The molecule has 4 nitrogen and oxygen atoms in total. The summed E-state index contributed by atoms with van der Waals surface area (Å²) in [5.41, 5.74) is 6.68. The van der Waals surface area contributed by atoms with E-state index in [-0.39, 0.29) is 0 Å². The van der Waals surface area contributed by atoms with Crippen LogP contribution in [0.25, 0.3) is 11.1 Å². The first-order valence-corrected chi connectivity index (χ1v) is 10.3. The number of ether oxygens (including phenoxy) is 1. The fourth-order valence-corrected chi connectivity index (χ4v) is 3.06. The van der Waals surface area contributed by atoms with Crippen molar-refractivity contribution < 1.29 is 4.74 Å². The Bertz CT molecular complexity index is 1010. The van der Waals surface area contributed by atoms with Crippen molar-refractivity contribution in [1.29, 1.82) is 0 Å². The molecule has 0 aliphatic heterocycles. The topological polar surface area (TPSA) is 28.1 Å². The Morgan fingerprint density at radius 3 is 2.00 bits per heavy atom. The monoisotopic (exact) mass is 401 g/mol. The average Bonchev–Trinajstić information content (AvgIpc) is 2.75. The van der Waals surface area contributed by atoms with Crippen LogP contribution in [0, 0.1) is 13.8 Å². The van der Waals surface area contributed by atoms with Gasteiger partial charge in [0.2, 0.25) is 0 Å². The van der Waals surface area contributed by atoms with Gasteiger partial charge in [-0.15, -0.1) is 0 Å². The maximum Gasteiger partial charge on any atom is 0.130 e. The van der Waals surface area contributed by atoms with Gasteiger partial charge in [0.1, 0.15) is 11.5 Å². The number of benzene rings is 3. The molecule has 4 heteroatoms. The smallest absolute Gasteiger partial charge is 0.130 e. The minimum Gasteiger partial charge on any atom is -0.457 e. The average molecular weight is 402 g/mol. The molecule has 3 aromatic rings. The van der Waals surface area contributed by atoms with Gasteiger partial charge in [0.05, 0.1) is 12.0 Å². The molecule has 0 radical (unpaired) electrons. The summed E-state index contributed by atoms with van der Waals surface area (Å²) >= 11 is 0. The van der Waals surface area contributed by atoms with Crippen LogP contribution in [0.1, 0.15) is 18.1 Å². The molecule has 0 atom stereocenters. The SMILES string of the molecule is CCN(C)/C=N\c1cc(C)c(Oc2ccc(-c3ccc(N(C)C)cc3)cc2)cc1C. The second-order valence-electron chi connectivity index (χ2n) is 7.79. The predicted octanol–water partition coefficient (Wildman–Crippen LogP) is 6.44. The van der Waals surface area contributed by atoms with Crippen LogP contribution in [0.5, 0.6) is 11.5 Å². The zero-order chi connectivity index (χ0) is 21.7. The van der Waals surface area contributed by atoms with Crippen molar-refractivity contribution in [2.24, 2.45) is 4.99 Å². The Morgan fingerprint density at radius 1 is 0.833 bits per heavy atom. The zero-order valence-corrected chi connectivity index (χ0v) is 18.8. The first-order chi connectivity index (χ1) is 14.4. The van der Waals surface area contributed by atoms with E-state index in [0.717, 1.165) is 34.9 Å². The highest BCUT2D eigenvalue weighted by Gasteiger charge is 2.07. The van der Waals surface area contributed by atoms with Gasteiger partial charge in [0.15, 0.2) is 0 Å². The maximum atomic E-state index is 6.16. The van der Waals surface area contributed by atoms with Crippen molar-refractivity contribution in [2.75, 3.05) is 32.6 Å². The van der Waals surface area contributed by atoms with Gasteiger partial charge in [-0.2, -0.15) is 0 Å². The molecule has 0 bridgehead atoms. The fraction of sp³-hybridized carbons (Fsp3) is 0.269. The predicted molar refractivity (Wildman–Crippen MR) is 129 cm³/mol. The summed E-state index contributed by atoms with van der Waals surface area (Å²) in [7, 11) is 6.12. The van der Waals surface area contributed by atoms with Crippen molar-refractivity contribution in [3.63, 3.8) is 0 Å². The number of aliphatic imine (C=N–C) groups is 1. The van der Waals surface area contributed by atoms with Crippen LogP contribution in [0.4, 0.5) is 11.4 Å². The summed E-state index contributed by atoms with van der Waals surface area (Å²) in [4.78, 5) is 8.74. The Hall–Kier alpha value is -3.27. The highest BCUT2D eigenvalue weighted by atomic mass is 16.5. The van der Waals surface area contributed by atoms with Gasteiger partial charge < -0.3 is 14.5 Å². The number of anilines is 1.